The average Bonchev–Trinajstić information content (AvgIpc) is 2.95. The van der Waals surface area contributed by atoms with Crippen molar-refractivity contribution in [3.05, 3.63) is 18.7 Å². The molecule has 0 amide bonds. The highest BCUT2D eigenvalue weighted by Gasteiger charge is 2.23. The Morgan fingerprint density at radius 1 is 1.11 bits per heavy atom. The number of ether oxygens (including phenoxy) is 1. The van der Waals surface area contributed by atoms with Crippen LogP contribution in [-0.2, 0) is 11.3 Å². The smallest absolute Gasteiger partial charge is 0.0945 e. The molecular weight excluding hydrogens is 238 g/mol. The zero-order valence-electron chi connectivity index (χ0n) is 11.7. The monoisotopic (exact) mass is 263 g/mol. The summed E-state index contributed by atoms with van der Waals surface area (Å²) < 4.78 is 8.05. The van der Waals surface area contributed by atoms with E-state index in [0.717, 1.165) is 25.6 Å². The second kappa shape index (κ2) is 6.53. The predicted octanol–water partition coefficient (Wildman–Crippen LogP) is 2.16. The van der Waals surface area contributed by atoms with E-state index in [2.05, 4.69) is 20.6 Å². The molecule has 1 atom stereocenters. The van der Waals surface area contributed by atoms with E-state index in [-0.39, 0.29) is 0 Å². The van der Waals surface area contributed by atoms with Gasteiger partial charge in [-0.3, -0.25) is 0 Å². The van der Waals surface area contributed by atoms with E-state index in [1.54, 1.807) is 0 Å². The van der Waals surface area contributed by atoms with E-state index < -0.39 is 0 Å². The molecule has 3 rings (SSSR count). The molecule has 0 unspecified atom stereocenters. The molecule has 2 saturated heterocycles. The minimum atomic E-state index is 0.499. The first-order chi connectivity index (χ1) is 9.40. The molecule has 0 aliphatic carbocycles. The van der Waals surface area contributed by atoms with Gasteiger partial charge < -0.3 is 14.2 Å². The van der Waals surface area contributed by atoms with E-state index in [4.69, 9.17) is 4.74 Å². The van der Waals surface area contributed by atoms with Crippen LogP contribution >= 0.6 is 0 Å². The first-order valence-corrected chi connectivity index (χ1v) is 7.70. The van der Waals surface area contributed by atoms with Crippen LogP contribution < -0.4 is 0 Å². The van der Waals surface area contributed by atoms with Crippen molar-refractivity contribution in [3.8, 4) is 0 Å². The van der Waals surface area contributed by atoms with Crippen LogP contribution in [0.25, 0.3) is 0 Å². The van der Waals surface area contributed by atoms with Gasteiger partial charge in [-0.15, -0.1) is 0 Å². The number of piperidine rings is 1. The summed E-state index contributed by atoms with van der Waals surface area (Å²) in [6, 6.07) is 0. The third kappa shape index (κ3) is 3.80. The molecule has 19 heavy (non-hydrogen) atoms. The SMILES string of the molecule is c1cn(CC2CCN(C[C@H]3CCCCO3)CC2)cn1. The Bertz CT molecular complexity index is 351. The van der Waals surface area contributed by atoms with Crippen molar-refractivity contribution >= 4 is 0 Å². The van der Waals surface area contributed by atoms with E-state index >= 15 is 0 Å². The van der Waals surface area contributed by atoms with Gasteiger partial charge >= 0.3 is 0 Å². The third-order valence-corrected chi connectivity index (χ3v) is 4.47. The van der Waals surface area contributed by atoms with Gasteiger partial charge in [-0.05, 0) is 51.1 Å². The average molecular weight is 263 g/mol. The van der Waals surface area contributed by atoms with Gasteiger partial charge in [0.2, 0.25) is 0 Å². The summed E-state index contributed by atoms with van der Waals surface area (Å²) in [5.41, 5.74) is 0. The Kier molecular flexibility index (Phi) is 4.51. The Morgan fingerprint density at radius 2 is 2.00 bits per heavy atom. The van der Waals surface area contributed by atoms with Gasteiger partial charge in [0.25, 0.3) is 0 Å². The number of imidazole rings is 1. The summed E-state index contributed by atoms with van der Waals surface area (Å²) in [7, 11) is 0. The Labute approximate surface area is 115 Å². The van der Waals surface area contributed by atoms with E-state index in [0.29, 0.717) is 6.10 Å². The number of likely N-dealkylation sites (tertiary alicyclic amines) is 1. The van der Waals surface area contributed by atoms with Gasteiger partial charge in [0.15, 0.2) is 0 Å². The lowest BCUT2D eigenvalue weighted by atomic mass is 9.96. The van der Waals surface area contributed by atoms with E-state index in [1.807, 2.05) is 12.5 Å². The van der Waals surface area contributed by atoms with Crippen molar-refractivity contribution in [2.24, 2.45) is 5.92 Å². The van der Waals surface area contributed by atoms with Gasteiger partial charge in [0, 0.05) is 32.1 Å². The summed E-state index contributed by atoms with van der Waals surface area (Å²) in [6.07, 6.45) is 12.9. The maximum Gasteiger partial charge on any atom is 0.0945 e. The van der Waals surface area contributed by atoms with Crippen LogP contribution in [0.1, 0.15) is 32.1 Å². The lowest BCUT2D eigenvalue weighted by Gasteiger charge is -2.35. The molecule has 1 aromatic heterocycles. The fourth-order valence-electron chi connectivity index (χ4n) is 3.28. The Morgan fingerprint density at radius 3 is 2.68 bits per heavy atom. The summed E-state index contributed by atoms with van der Waals surface area (Å²) in [6.45, 7) is 5.73. The minimum absolute atomic E-state index is 0.499. The number of rotatable bonds is 4. The number of hydrogen-bond acceptors (Lipinski definition) is 3. The van der Waals surface area contributed by atoms with Gasteiger partial charge in [-0.2, -0.15) is 0 Å². The molecule has 1 aromatic rings. The standard InChI is InChI=1S/C15H25N3O/c1-2-10-19-15(3-1)12-17-7-4-14(5-8-17)11-18-9-6-16-13-18/h6,9,13-15H,1-5,7-8,10-12H2/t15-/m1/s1. The van der Waals surface area contributed by atoms with Gasteiger partial charge in [-0.1, -0.05) is 0 Å². The van der Waals surface area contributed by atoms with Crippen LogP contribution in [0.3, 0.4) is 0 Å². The second-order valence-corrected chi connectivity index (χ2v) is 5.99. The van der Waals surface area contributed by atoms with Gasteiger partial charge in [-0.25, -0.2) is 4.98 Å². The summed E-state index contributed by atoms with van der Waals surface area (Å²) in [5, 5.41) is 0. The fraction of sp³-hybridized carbons (Fsp3) is 0.800. The molecule has 0 aromatic carbocycles. The van der Waals surface area contributed by atoms with E-state index in [1.165, 1.54) is 45.2 Å². The Balaban J connectivity index is 1.39. The summed E-state index contributed by atoms with van der Waals surface area (Å²) in [4.78, 5) is 6.71. The number of hydrogen-bond donors (Lipinski definition) is 0. The highest BCUT2D eigenvalue weighted by molar-refractivity contribution is 4.80. The molecule has 0 radical (unpaired) electrons. The zero-order chi connectivity index (χ0) is 12.9. The van der Waals surface area contributed by atoms with Crippen LogP contribution in [0.4, 0.5) is 0 Å². The van der Waals surface area contributed by atoms with Gasteiger partial charge in [0.1, 0.15) is 0 Å². The first kappa shape index (κ1) is 13.1. The largest absolute Gasteiger partial charge is 0.377 e. The van der Waals surface area contributed by atoms with Crippen LogP contribution in [-0.4, -0.2) is 46.8 Å². The maximum atomic E-state index is 5.84. The van der Waals surface area contributed by atoms with E-state index in [9.17, 15) is 0 Å². The van der Waals surface area contributed by atoms with Crippen molar-refractivity contribution in [2.45, 2.75) is 44.8 Å². The maximum absolute atomic E-state index is 5.84. The van der Waals surface area contributed by atoms with Crippen LogP contribution in [0.15, 0.2) is 18.7 Å². The topological polar surface area (TPSA) is 30.3 Å². The molecule has 3 heterocycles. The molecule has 0 saturated carbocycles. The van der Waals surface area contributed by atoms with Crippen molar-refractivity contribution in [3.63, 3.8) is 0 Å². The minimum Gasteiger partial charge on any atom is -0.377 e. The molecule has 0 N–H and O–H groups in total. The molecule has 106 valence electrons. The quantitative estimate of drug-likeness (QED) is 0.834. The summed E-state index contributed by atoms with van der Waals surface area (Å²) >= 11 is 0. The fourth-order valence-corrected chi connectivity index (χ4v) is 3.28. The van der Waals surface area contributed by atoms with Gasteiger partial charge in [0.05, 0.1) is 12.4 Å². The molecule has 0 spiro atoms. The molecule has 0 bridgehead atoms. The zero-order valence-corrected chi connectivity index (χ0v) is 11.7. The van der Waals surface area contributed by atoms with Crippen LogP contribution in [0.5, 0.6) is 0 Å². The summed E-state index contributed by atoms with van der Waals surface area (Å²) in [5.74, 6) is 0.817. The highest BCUT2D eigenvalue weighted by Crippen LogP contribution is 2.21. The van der Waals surface area contributed by atoms with Crippen molar-refractivity contribution in [2.75, 3.05) is 26.2 Å². The van der Waals surface area contributed by atoms with Crippen molar-refractivity contribution in [1.82, 2.24) is 14.5 Å². The first-order valence-electron chi connectivity index (χ1n) is 7.70. The number of nitrogens with zero attached hydrogens (tertiary/aromatic N) is 3. The molecule has 2 aliphatic rings. The highest BCUT2D eigenvalue weighted by atomic mass is 16.5. The molecule has 4 heteroatoms. The van der Waals surface area contributed by atoms with Crippen LogP contribution in [0.2, 0.25) is 0 Å². The number of aromatic nitrogens is 2. The predicted molar refractivity (Wildman–Crippen MR) is 75.0 cm³/mol. The molecular formula is C15H25N3O. The second-order valence-electron chi connectivity index (χ2n) is 5.99. The lowest BCUT2D eigenvalue weighted by Crippen LogP contribution is -2.41. The Hall–Kier alpha value is -0.870. The van der Waals surface area contributed by atoms with Crippen molar-refractivity contribution in [1.29, 1.82) is 0 Å². The molecule has 2 fully saturated rings. The molecule has 4 nitrogen and oxygen atoms in total. The normalized spacial score (nSPS) is 26.6. The lowest BCUT2D eigenvalue weighted by molar-refractivity contribution is -0.0116. The van der Waals surface area contributed by atoms with Crippen LogP contribution in [0, 0.1) is 5.92 Å². The van der Waals surface area contributed by atoms with Crippen molar-refractivity contribution < 1.29 is 4.74 Å². The molecule has 2 aliphatic heterocycles. The third-order valence-electron chi connectivity index (χ3n) is 4.47.